The topological polar surface area (TPSA) is 171 Å². The van der Waals surface area contributed by atoms with Crippen molar-refractivity contribution in [2.24, 2.45) is 0 Å². The number of nitrogens with zero attached hydrogens (tertiary/aromatic N) is 3. The van der Waals surface area contributed by atoms with Crippen LogP contribution in [0.5, 0.6) is 17.2 Å². The molecule has 1 aliphatic heterocycles. The molecule has 0 aliphatic carbocycles. The van der Waals surface area contributed by atoms with Crippen LogP contribution in [-0.2, 0) is 9.59 Å². The molecular weight excluding hydrogens is 659 g/mol. The lowest BCUT2D eigenvalue weighted by Gasteiger charge is -2.12. The number of amides is 3. The molecule has 0 saturated carbocycles. The van der Waals surface area contributed by atoms with E-state index in [2.05, 4.69) is 27.9 Å². The summed E-state index contributed by atoms with van der Waals surface area (Å²) >= 11 is 2.80. The zero-order valence-electron chi connectivity index (χ0n) is 20.4. The number of nitro groups is 2. The van der Waals surface area contributed by atoms with Crippen LogP contribution in [0.3, 0.4) is 0 Å². The summed E-state index contributed by atoms with van der Waals surface area (Å²) in [6.45, 7) is -0.460. The minimum Gasteiger partial charge on any atom is -0.493 e. The van der Waals surface area contributed by atoms with E-state index in [1.807, 2.05) is 0 Å². The molecule has 3 amide bonds. The number of nitrogens with one attached hydrogen (secondary N) is 1. The summed E-state index contributed by atoms with van der Waals surface area (Å²) in [5.74, 6) is -1.22. The van der Waals surface area contributed by atoms with Gasteiger partial charge in [-0.1, -0.05) is 6.07 Å². The van der Waals surface area contributed by atoms with E-state index in [1.165, 1.54) is 31.4 Å². The molecule has 1 N–H and O–H groups in total. The van der Waals surface area contributed by atoms with Crippen molar-refractivity contribution in [3.8, 4) is 17.2 Å². The number of carbonyl (C=O) groups excluding carboxylic acids is 3. The number of halogens is 1. The Morgan fingerprint density at radius 3 is 2.35 bits per heavy atom. The van der Waals surface area contributed by atoms with Gasteiger partial charge in [-0.3, -0.25) is 39.5 Å². The molecule has 1 saturated heterocycles. The molecule has 3 aromatic rings. The van der Waals surface area contributed by atoms with Crippen LogP contribution in [0.4, 0.5) is 21.9 Å². The van der Waals surface area contributed by atoms with Crippen LogP contribution in [0.2, 0.25) is 0 Å². The van der Waals surface area contributed by atoms with E-state index in [-0.39, 0.29) is 22.2 Å². The zero-order chi connectivity index (χ0) is 29.0. The second kappa shape index (κ2) is 12.1. The van der Waals surface area contributed by atoms with E-state index in [0.717, 1.165) is 26.7 Å². The molecule has 0 radical (unpaired) electrons. The van der Waals surface area contributed by atoms with E-state index < -0.39 is 44.8 Å². The average molecular weight is 676 g/mol. The molecule has 3 aromatic carbocycles. The van der Waals surface area contributed by atoms with Crippen molar-refractivity contribution >= 4 is 74.5 Å². The van der Waals surface area contributed by atoms with Gasteiger partial charge in [0.25, 0.3) is 16.8 Å². The molecule has 0 aromatic heterocycles. The number of carbonyl (C=O) groups is 3. The summed E-state index contributed by atoms with van der Waals surface area (Å²) < 4.78 is 11.9. The molecule has 4 rings (SSSR count). The van der Waals surface area contributed by atoms with Crippen LogP contribution in [-0.4, -0.2) is 45.5 Å². The van der Waals surface area contributed by atoms with Crippen molar-refractivity contribution < 1.29 is 33.7 Å². The van der Waals surface area contributed by atoms with Crippen LogP contribution in [0, 0.1) is 23.8 Å². The van der Waals surface area contributed by atoms with Gasteiger partial charge in [-0.15, -0.1) is 0 Å². The van der Waals surface area contributed by atoms with Gasteiger partial charge in [-0.25, -0.2) is 0 Å². The van der Waals surface area contributed by atoms with Gasteiger partial charge in [0.05, 0.1) is 27.9 Å². The first-order valence-electron chi connectivity index (χ1n) is 11.1. The third-order valence-corrected chi connectivity index (χ3v) is 6.99. The van der Waals surface area contributed by atoms with Crippen molar-refractivity contribution in [1.82, 2.24) is 4.90 Å². The summed E-state index contributed by atoms with van der Waals surface area (Å²) in [6, 6.07) is 14.4. The first kappa shape index (κ1) is 28.5. The van der Waals surface area contributed by atoms with Gasteiger partial charge in [0, 0.05) is 15.3 Å². The summed E-state index contributed by atoms with van der Waals surface area (Å²) in [5, 5.41) is 24.4. The maximum atomic E-state index is 12.9. The molecule has 0 atom stereocenters. The number of imide groups is 1. The largest absolute Gasteiger partial charge is 0.493 e. The van der Waals surface area contributed by atoms with Gasteiger partial charge in [-0.2, -0.15) is 0 Å². The first-order valence-corrected chi connectivity index (χ1v) is 13.0. The SMILES string of the molecule is COc1cc(/C=C2\SC(=O)N(CC(=O)Nc3ccc(I)cc3)C2=O)ccc1Oc1ccc([N+](=O)[O-])cc1[N+](=O)[O-]. The van der Waals surface area contributed by atoms with Crippen LogP contribution in [0.25, 0.3) is 6.08 Å². The number of benzene rings is 3. The van der Waals surface area contributed by atoms with Crippen LogP contribution in [0.15, 0.2) is 65.6 Å². The maximum absolute atomic E-state index is 12.9. The second-order valence-electron chi connectivity index (χ2n) is 8.00. The minimum absolute atomic E-state index is 0.0666. The maximum Gasteiger partial charge on any atom is 0.318 e. The van der Waals surface area contributed by atoms with Gasteiger partial charge in [0.15, 0.2) is 11.5 Å². The monoisotopic (exact) mass is 676 g/mol. The Balaban J connectivity index is 1.50. The number of ether oxygens (including phenoxy) is 2. The summed E-state index contributed by atoms with van der Waals surface area (Å²) in [5.41, 5.74) is -0.111. The van der Waals surface area contributed by atoms with E-state index >= 15 is 0 Å². The lowest BCUT2D eigenvalue weighted by atomic mass is 10.1. The minimum atomic E-state index is -0.806. The molecule has 204 valence electrons. The van der Waals surface area contributed by atoms with Crippen molar-refractivity contribution in [2.45, 2.75) is 0 Å². The van der Waals surface area contributed by atoms with Gasteiger partial charge in [0.1, 0.15) is 6.54 Å². The molecule has 1 aliphatic rings. The van der Waals surface area contributed by atoms with E-state index in [1.54, 1.807) is 24.3 Å². The first-order chi connectivity index (χ1) is 19.0. The Bertz CT molecular complexity index is 1580. The van der Waals surface area contributed by atoms with Crippen molar-refractivity contribution in [2.75, 3.05) is 19.0 Å². The van der Waals surface area contributed by atoms with Gasteiger partial charge in [-0.05, 0) is 88.5 Å². The number of methoxy groups -OCH3 is 1. The van der Waals surface area contributed by atoms with E-state index in [9.17, 15) is 34.6 Å². The predicted molar refractivity (Wildman–Crippen MR) is 153 cm³/mol. The molecule has 13 nitrogen and oxygen atoms in total. The molecule has 0 bridgehead atoms. The van der Waals surface area contributed by atoms with Crippen molar-refractivity contribution in [3.63, 3.8) is 0 Å². The lowest BCUT2D eigenvalue weighted by Crippen LogP contribution is -2.36. The highest BCUT2D eigenvalue weighted by atomic mass is 127. The molecule has 1 fully saturated rings. The predicted octanol–water partition coefficient (Wildman–Crippen LogP) is 5.58. The van der Waals surface area contributed by atoms with Crippen LogP contribution >= 0.6 is 34.4 Å². The normalized spacial score (nSPS) is 13.8. The Hall–Kier alpha value is -4.51. The number of nitro benzene ring substituents is 2. The van der Waals surface area contributed by atoms with Crippen molar-refractivity contribution in [1.29, 1.82) is 0 Å². The van der Waals surface area contributed by atoms with Crippen LogP contribution < -0.4 is 14.8 Å². The van der Waals surface area contributed by atoms with Gasteiger partial charge in [0.2, 0.25) is 11.7 Å². The Kier molecular flexibility index (Phi) is 8.64. The number of anilines is 1. The quantitative estimate of drug-likeness (QED) is 0.131. The molecule has 1 heterocycles. The Labute approximate surface area is 243 Å². The highest BCUT2D eigenvalue weighted by Gasteiger charge is 2.36. The molecule has 40 heavy (non-hydrogen) atoms. The summed E-state index contributed by atoms with van der Waals surface area (Å²) in [7, 11) is 1.33. The Morgan fingerprint density at radius 2 is 1.70 bits per heavy atom. The molecule has 0 spiro atoms. The van der Waals surface area contributed by atoms with Crippen molar-refractivity contribution in [3.05, 3.63) is 94.9 Å². The van der Waals surface area contributed by atoms with E-state index in [4.69, 9.17) is 9.47 Å². The number of hydrogen-bond donors (Lipinski definition) is 1. The number of hydrogen-bond acceptors (Lipinski definition) is 10. The fraction of sp³-hybridized carbons (Fsp3) is 0.0800. The highest BCUT2D eigenvalue weighted by molar-refractivity contribution is 14.1. The fourth-order valence-electron chi connectivity index (χ4n) is 3.49. The summed E-state index contributed by atoms with van der Waals surface area (Å²) in [4.78, 5) is 59.5. The third kappa shape index (κ3) is 6.55. The smallest absolute Gasteiger partial charge is 0.318 e. The number of rotatable bonds is 9. The molecular formula is C25H17IN4O9S. The highest BCUT2D eigenvalue weighted by Crippen LogP contribution is 2.39. The fourth-order valence-corrected chi connectivity index (χ4v) is 4.69. The number of non-ortho nitro benzene ring substituents is 1. The van der Waals surface area contributed by atoms with E-state index in [0.29, 0.717) is 23.0 Å². The van der Waals surface area contributed by atoms with Crippen LogP contribution in [0.1, 0.15) is 5.56 Å². The third-order valence-electron chi connectivity index (χ3n) is 5.36. The van der Waals surface area contributed by atoms with Gasteiger partial charge >= 0.3 is 5.69 Å². The number of thioether (sulfide) groups is 1. The Morgan fingerprint density at radius 1 is 1.00 bits per heavy atom. The molecule has 15 heteroatoms. The summed E-state index contributed by atoms with van der Waals surface area (Å²) in [6.07, 6.45) is 1.43. The lowest BCUT2D eigenvalue weighted by molar-refractivity contribution is -0.394. The second-order valence-corrected chi connectivity index (χ2v) is 10.2. The van der Waals surface area contributed by atoms with Gasteiger partial charge < -0.3 is 14.8 Å². The average Bonchev–Trinajstić information content (AvgIpc) is 3.17. The standard InChI is InChI=1S/C25H17IN4O9S/c1-38-21-10-14(2-8-20(21)39-19-9-7-17(29(34)35)12-18(19)30(36)37)11-22-24(32)28(25(33)40-22)13-23(31)27-16-5-3-15(26)4-6-16/h2-12H,13H2,1H3,(H,27,31)/b22-11-. The molecule has 0 unspecified atom stereocenters. The zero-order valence-corrected chi connectivity index (χ0v) is 23.3.